The summed E-state index contributed by atoms with van der Waals surface area (Å²) in [6, 6.07) is 32.0. The zero-order valence-electron chi connectivity index (χ0n) is 26.3. The number of hydrogen-bond acceptors (Lipinski definition) is 7. The maximum Gasteiger partial charge on any atom is 0.416 e. The van der Waals surface area contributed by atoms with Gasteiger partial charge in [0.25, 0.3) is 0 Å². The van der Waals surface area contributed by atoms with Crippen molar-refractivity contribution in [1.82, 2.24) is 29.5 Å². The molecular formula is C39H25F3N6O2. The van der Waals surface area contributed by atoms with E-state index < -0.39 is 11.7 Å². The number of halogens is 3. The van der Waals surface area contributed by atoms with E-state index in [1.54, 1.807) is 30.5 Å². The molecule has 0 aliphatic carbocycles. The highest BCUT2D eigenvalue weighted by Gasteiger charge is 2.30. The second kappa shape index (κ2) is 12.4. The number of aromatic nitrogens is 6. The van der Waals surface area contributed by atoms with Crippen LogP contribution in [0.2, 0.25) is 0 Å². The first-order chi connectivity index (χ1) is 24.3. The number of benzene rings is 4. The second-order valence-corrected chi connectivity index (χ2v) is 11.5. The minimum absolute atomic E-state index is 0.187. The van der Waals surface area contributed by atoms with Gasteiger partial charge in [-0.2, -0.15) is 13.2 Å². The monoisotopic (exact) mass is 666 g/mol. The van der Waals surface area contributed by atoms with Crippen molar-refractivity contribution in [2.45, 2.75) is 13.1 Å². The number of pyridine rings is 2. The number of aryl methyl sites for hydroxylation is 1. The maximum absolute atomic E-state index is 13.3. The standard InChI is InChI=1S/C39H25F3N6O2/c1-24-12-14-44-34(16-24)25-4-2-6-28(17-25)49-30-8-10-32-33-11-9-31(21-37(33)48(36(32)20-30)38-46-22-43-23-47-38)50-29-7-3-5-26(18-29)35-19-27(13-15-45-35)39(40,41)42/h2-23H,1H3. The summed E-state index contributed by atoms with van der Waals surface area (Å²) in [6.07, 6.45) is 1.32. The molecule has 8 nitrogen and oxygen atoms in total. The Morgan fingerprint density at radius 2 is 1.10 bits per heavy atom. The minimum Gasteiger partial charge on any atom is -0.457 e. The molecule has 11 heteroatoms. The number of hydrogen-bond donors (Lipinski definition) is 0. The van der Waals surface area contributed by atoms with E-state index in [2.05, 4.69) is 24.9 Å². The number of rotatable bonds is 7. The van der Waals surface area contributed by atoms with Crippen LogP contribution in [0.25, 0.3) is 50.3 Å². The molecule has 0 saturated carbocycles. The van der Waals surface area contributed by atoms with Gasteiger partial charge in [-0.25, -0.2) is 15.0 Å². The lowest BCUT2D eigenvalue weighted by atomic mass is 10.1. The lowest BCUT2D eigenvalue weighted by Gasteiger charge is -2.11. The molecule has 4 aromatic carbocycles. The molecule has 0 N–H and O–H groups in total. The average Bonchev–Trinajstić information content (AvgIpc) is 3.44. The van der Waals surface area contributed by atoms with Crippen molar-refractivity contribution in [2.75, 3.05) is 0 Å². The number of ether oxygens (including phenoxy) is 2. The van der Waals surface area contributed by atoms with Crippen LogP contribution in [0.4, 0.5) is 13.2 Å². The van der Waals surface area contributed by atoms with E-state index in [9.17, 15) is 13.2 Å². The Bertz CT molecular complexity index is 2520. The molecule has 4 aromatic heterocycles. The summed E-state index contributed by atoms with van der Waals surface area (Å²) in [7, 11) is 0. The zero-order valence-corrected chi connectivity index (χ0v) is 26.3. The Morgan fingerprint density at radius 1 is 0.560 bits per heavy atom. The van der Waals surface area contributed by atoms with Gasteiger partial charge in [0, 0.05) is 46.4 Å². The lowest BCUT2D eigenvalue weighted by Crippen LogP contribution is -2.05. The van der Waals surface area contributed by atoms with E-state index in [0.29, 0.717) is 34.5 Å². The smallest absolute Gasteiger partial charge is 0.416 e. The highest BCUT2D eigenvalue weighted by Crippen LogP contribution is 2.38. The Kier molecular flexibility index (Phi) is 7.64. The maximum atomic E-state index is 13.3. The minimum atomic E-state index is -4.48. The number of fused-ring (bicyclic) bond motifs is 3. The van der Waals surface area contributed by atoms with Crippen molar-refractivity contribution in [3.63, 3.8) is 0 Å². The SMILES string of the molecule is Cc1ccnc(-c2cccc(Oc3ccc4c5ccc(Oc6cccc(-c7cc(C(F)(F)F)ccn7)c6)cc5n(-c5ncncn5)c4c3)c2)c1. The van der Waals surface area contributed by atoms with Crippen LogP contribution >= 0.6 is 0 Å². The van der Waals surface area contributed by atoms with E-state index in [1.807, 2.05) is 84.3 Å². The van der Waals surface area contributed by atoms with Crippen LogP contribution in [0.3, 0.4) is 0 Å². The Balaban J connectivity index is 1.16. The molecule has 0 atom stereocenters. The summed E-state index contributed by atoms with van der Waals surface area (Å²) in [5.74, 6) is 2.61. The summed E-state index contributed by atoms with van der Waals surface area (Å²) in [6.45, 7) is 2.03. The van der Waals surface area contributed by atoms with Crippen LogP contribution in [0.15, 0.2) is 134 Å². The van der Waals surface area contributed by atoms with E-state index in [-0.39, 0.29) is 5.69 Å². The Hall–Kier alpha value is -6.62. The normalized spacial score (nSPS) is 11.6. The predicted molar refractivity (Wildman–Crippen MR) is 183 cm³/mol. The number of nitrogens with zero attached hydrogens (tertiary/aromatic N) is 6. The highest BCUT2D eigenvalue weighted by molar-refractivity contribution is 6.09. The van der Waals surface area contributed by atoms with E-state index in [1.165, 1.54) is 12.7 Å². The van der Waals surface area contributed by atoms with Crippen LogP contribution < -0.4 is 9.47 Å². The van der Waals surface area contributed by atoms with Crippen molar-refractivity contribution in [3.05, 3.63) is 145 Å². The topological polar surface area (TPSA) is 87.8 Å². The summed E-state index contributed by atoms with van der Waals surface area (Å²) < 4.78 is 54.5. The quantitative estimate of drug-likeness (QED) is 0.167. The third kappa shape index (κ3) is 6.08. The van der Waals surface area contributed by atoms with Crippen molar-refractivity contribution in [1.29, 1.82) is 0 Å². The van der Waals surface area contributed by atoms with Crippen LogP contribution in [0.5, 0.6) is 23.0 Å². The lowest BCUT2D eigenvalue weighted by molar-refractivity contribution is -0.137. The van der Waals surface area contributed by atoms with E-state index in [0.717, 1.165) is 57.0 Å². The highest BCUT2D eigenvalue weighted by atomic mass is 19.4. The zero-order chi connectivity index (χ0) is 34.2. The molecule has 0 aliphatic heterocycles. The molecule has 8 aromatic rings. The fourth-order valence-electron chi connectivity index (χ4n) is 5.84. The van der Waals surface area contributed by atoms with Crippen LogP contribution in [0, 0.1) is 6.92 Å². The molecular weight excluding hydrogens is 641 g/mol. The number of alkyl halides is 3. The summed E-state index contributed by atoms with van der Waals surface area (Å²) >= 11 is 0. The molecule has 0 saturated heterocycles. The van der Waals surface area contributed by atoms with Crippen LogP contribution in [-0.2, 0) is 6.18 Å². The van der Waals surface area contributed by atoms with Crippen LogP contribution in [-0.4, -0.2) is 29.5 Å². The summed E-state index contributed by atoms with van der Waals surface area (Å²) in [5.41, 5.74) is 4.39. The van der Waals surface area contributed by atoms with Gasteiger partial charge in [0.05, 0.1) is 28.0 Å². The third-order valence-corrected chi connectivity index (χ3v) is 8.12. The molecule has 0 radical (unpaired) electrons. The van der Waals surface area contributed by atoms with Crippen molar-refractivity contribution in [2.24, 2.45) is 0 Å². The van der Waals surface area contributed by atoms with Gasteiger partial charge in [-0.3, -0.25) is 14.5 Å². The largest absolute Gasteiger partial charge is 0.457 e. The molecule has 0 aliphatic rings. The van der Waals surface area contributed by atoms with Gasteiger partial charge < -0.3 is 9.47 Å². The molecule has 0 fully saturated rings. The molecule has 244 valence electrons. The first-order valence-electron chi connectivity index (χ1n) is 15.5. The van der Waals surface area contributed by atoms with Gasteiger partial charge >= 0.3 is 6.18 Å². The predicted octanol–water partition coefficient (Wildman–Crippen LogP) is 10.0. The van der Waals surface area contributed by atoms with E-state index in [4.69, 9.17) is 9.47 Å². The first-order valence-corrected chi connectivity index (χ1v) is 15.5. The molecule has 0 bridgehead atoms. The Morgan fingerprint density at radius 3 is 1.66 bits per heavy atom. The van der Waals surface area contributed by atoms with Gasteiger partial charge in [-0.05, 0) is 85.3 Å². The molecule has 0 amide bonds. The third-order valence-electron chi connectivity index (χ3n) is 8.12. The molecule has 4 heterocycles. The van der Waals surface area contributed by atoms with Gasteiger partial charge in [-0.15, -0.1) is 0 Å². The first kappa shape index (κ1) is 30.7. The molecule has 0 spiro atoms. The van der Waals surface area contributed by atoms with Crippen LogP contribution in [0.1, 0.15) is 11.1 Å². The van der Waals surface area contributed by atoms with E-state index >= 15 is 0 Å². The van der Waals surface area contributed by atoms with Crippen molar-refractivity contribution >= 4 is 21.8 Å². The van der Waals surface area contributed by atoms with Gasteiger partial charge in [0.15, 0.2) is 0 Å². The second-order valence-electron chi connectivity index (χ2n) is 11.5. The Labute approximate surface area is 283 Å². The summed E-state index contributed by atoms with van der Waals surface area (Å²) in [5, 5.41) is 1.86. The fourth-order valence-corrected chi connectivity index (χ4v) is 5.84. The van der Waals surface area contributed by atoms with Gasteiger partial charge in [-0.1, -0.05) is 24.3 Å². The molecule has 8 rings (SSSR count). The van der Waals surface area contributed by atoms with Crippen molar-refractivity contribution < 1.29 is 22.6 Å². The fraction of sp³-hybridized carbons (Fsp3) is 0.0513. The molecule has 50 heavy (non-hydrogen) atoms. The summed E-state index contributed by atoms with van der Waals surface area (Å²) in [4.78, 5) is 21.5. The van der Waals surface area contributed by atoms with Gasteiger partial charge in [0.2, 0.25) is 5.95 Å². The average molecular weight is 667 g/mol. The van der Waals surface area contributed by atoms with Gasteiger partial charge in [0.1, 0.15) is 35.7 Å². The molecule has 0 unspecified atom stereocenters. The van der Waals surface area contributed by atoms with Crippen molar-refractivity contribution in [3.8, 4) is 51.5 Å².